The SMILES string of the molecule is COCCNCC(=O)NC(C)c1noc(Cc2ccccc2)n1. The summed E-state index contributed by atoms with van der Waals surface area (Å²) in [5.41, 5.74) is 1.10. The van der Waals surface area contributed by atoms with Crippen LogP contribution in [0, 0.1) is 0 Å². The minimum absolute atomic E-state index is 0.122. The summed E-state index contributed by atoms with van der Waals surface area (Å²) in [5.74, 6) is 0.884. The maximum absolute atomic E-state index is 11.8. The van der Waals surface area contributed by atoms with Crippen LogP contribution in [-0.2, 0) is 16.0 Å². The summed E-state index contributed by atoms with van der Waals surface area (Å²) in [6.45, 7) is 3.24. The summed E-state index contributed by atoms with van der Waals surface area (Å²) in [7, 11) is 1.62. The Morgan fingerprint density at radius 1 is 1.35 bits per heavy atom. The number of rotatable bonds is 9. The molecule has 1 aromatic carbocycles. The first-order chi connectivity index (χ1) is 11.2. The Morgan fingerprint density at radius 2 is 2.13 bits per heavy atom. The van der Waals surface area contributed by atoms with Crippen molar-refractivity contribution < 1.29 is 14.1 Å². The summed E-state index contributed by atoms with van der Waals surface area (Å²) in [5, 5.41) is 9.74. The second-order valence-electron chi connectivity index (χ2n) is 5.17. The molecule has 1 amide bonds. The zero-order chi connectivity index (χ0) is 16.5. The highest BCUT2D eigenvalue weighted by molar-refractivity contribution is 5.78. The second-order valence-corrected chi connectivity index (χ2v) is 5.17. The molecule has 1 atom stereocenters. The Hall–Kier alpha value is -2.25. The molecule has 0 saturated carbocycles. The van der Waals surface area contributed by atoms with E-state index >= 15 is 0 Å². The number of nitrogens with one attached hydrogen (secondary N) is 2. The van der Waals surface area contributed by atoms with Crippen LogP contribution >= 0.6 is 0 Å². The van der Waals surface area contributed by atoms with Crippen molar-refractivity contribution in [2.24, 2.45) is 0 Å². The zero-order valence-electron chi connectivity index (χ0n) is 13.4. The van der Waals surface area contributed by atoms with E-state index in [1.54, 1.807) is 7.11 Å². The lowest BCUT2D eigenvalue weighted by Crippen LogP contribution is -2.36. The van der Waals surface area contributed by atoms with Crippen LogP contribution in [0.25, 0.3) is 0 Å². The van der Waals surface area contributed by atoms with Gasteiger partial charge in [-0.25, -0.2) is 0 Å². The van der Waals surface area contributed by atoms with Gasteiger partial charge in [0.2, 0.25) is 11.8 Å². The van der Waals surface area contributed by atoms with Crippen LogP contribution < -0.4 is 10.6 Å². The molecule has 23 heavy (non-hydrogen) atoms. The van der Waals surface area contributed by atoms with Gasteiger partial charge in [0.1, 0.15) is 0 Å². The normalized spacial score (nSPS) is 12.1. The molecule has 7 heteroatoms. The Kier molecular flexibility index (Phi) is 6.71. The predicted molar refractivity (Wildman–Crippen MR) is 84.8 cm³/mol. The number of benzene rings is 1. The summed E-state index contributed by atoms with van der Waals surface area (Å²) < 4.78 is 10.1. The smallest absolute Gasteiger partial charge is 0.234 e. The number of hydrogen-bond acceptors (Lipinski definition) is 6. The molecule has 2 aromatic rings. The van der Waals surface area contributed by atoms with E-state index in [1.807, 2.05) is 37.3 Å². The van der Waals surface area contributed by atoms with Crippen LogP contribution in [0.5, 0.6) is 0 Å². The zero-order valence-corrected chi connectivity index (χ0v) is 13.4. The Balaban J connectivity index is 1.81. The molecule has 0 saturated heterocycles. The molecule has 0 spiro atoms. The lowest BCUT2D eigenvalue weighted by atomic mass is 10.1. The van der Waals surface area contributed by atoms with E-state index in [4.69, 9.17) is 9.26 Å². The number of nitrogens with zero attached hydrogens (tertiary/aromatic N) is 2. The van der Waals surface area contributed by atoms with Gasteiger partial charge in [-0.1, -0.05) is 35.5 Å². The van der Waals surface area contributed by atoms with Crippen LogP contribution in [0.3, 0.4) is 0 Å². The molecule has 1 heterocycles. The van der Waals surface area contributed by atoms with Crippen molar-refractivity contribution in [1.29, 1.82) is 0 Å². The van der Waals surface area contributed by atoms with E-state index in [1.165, 1.54) is 0 Å². The third-order valence-electron chi connectivity index (χ3n) is 3.22. The number of aromatic nitrogens is 2. The monoisotopic (exact) mass is 318 g/mol. The van der Waals surface area contributed by atoms with Crippen LogP contribution in [-0.4, -0.2) is 42.9 Å². The van der Waals surface area contributed by atoms with Crippen molar-refractivity contribution in [3.8, 4) is 0 Å². The number of amides is 1. The maximum atomic E-state index is 11.8. The lowest BCUT2D eigenvalue weighted by Gasteiger charge is -2.10. The van der Waals surface area contributed by atoms with Gasteiger partial charge in [-0.3, -0.25) is 4.79 Å². The molecule has 0 fully saturated rings. The van der Waals surface area contributed by atoms with Crippen LogP contribution in [0.4, 0.5) is 0 Å². The summed E-state index contributed by atoms with van der Waals surface area (Å²) in [4.78, 5) is 16.1. The van der Waals surface area contributed by atoms with Crippen LogP contribution in [0.1, 0.15) is 30.2 Å². The first kappa shape index (κ1) is 17.1. The highest BCUT2D eigenvalue weighted by Gasteiger charge is 2.16. The van der Waals surface area contributed by atoms with Crippen molar-refractivity contribution >= 4 is 5.91 Å². The quantitative estimate of drug-likeness (QED) is 0.672. The molecule has 0 aliphatic carbocycles. The summed E-state index contributed by atoms with van der Waals surface area (Å²) in [6, 6.07) is 9.58. The van der Waals surface area contributed by atoms with Gasteiger partial charge in [0.05, 0.1) is 25.6 Å². The molecule has 2 N–H and O–H groups in total. The Labute approximate surface area is 135 Å². The van der Waals surface area contributed by atoms with E-state index in [-0.39, 0.29) is 18.5 Å². The van der Waals surface area contributed by atoms with Gasteiger partial charge in [0.15, 0.2) is 5.82 Å². The number of carbonyl (C=O) groups is 1. The van der Waals surface area contributed by atoms with Crippen molar-refractivity contribution in [2.75, 3.05) is 26.8 Å². The minimum atomic E-state index is -0.306. The van der Waals surface area contributed by atoms with E-state index in [0.717, 1.165) is 5.56 Å². The topological polar surface area (TPSA) is 89.3 Å². The van der Waals surface area contributed by atoms with Gasteiger partial charge in [0, 0.05) is 13.7 Å². The summed E-state index contributed by atoms with van der Waals surface area (Å²) in [6.07, 6.45) is 0.576. The van der Waals surface area contributed by atoms with Gasteiger partial charge >= 0.3 is 0 Å². The third kappa shape index (κ3) is 5.80. The largest absolute Gasteiger partial charge is 0.383 e. The molecule has 1 unspecified atom stereocenters. The van der Waals surface area contributed by atoms with Crippen molar-refractivity contribution in [3.05, 3.63) is 47.6 Å². The van der Waals surface area contributed by atoms with Crippen molar-refractivity contribution in [2.45, 2.75) is 19.4 Å². The average Bonchev–Trinajstić information content (AvgIpc) is 3.01. The fourth-order valence-corrected chi connectivity index (χ4v) is 2.02. The van der Waals surface area contributed by atoms with E-state index in [2.05, 4.69) is 20.8 Å². The van der Waals surface area contributed by atoms with Crippen molar-refractivity contribution in [3.63, 3.8) is 0 Å². The number of carbonyl (C=O) groups excluding carboxylic acids is 1. The molecule has 0 bridgehead atoms. The standard InChI is InChI=1S/C16H22N4O3/c1-12(18-14(21)11-17-8-9-22-2)16-19-15(23-20-16)10-13-6-4-3-5-7-13/h3-7,12,17H,8-11H2,1-2H3,(H,18,21). The van der Waals surface area contributed by atoms with E-state index in [0.29, 0.717) is 31.3 Å². The fraction of sp³-hybridized carbons (Fsp3) is 0.438. The highest BCUT2D eigenvalue weighted by atomic mass is 16.5. The fourth-order valence-electron chi connectivity index (χ4n) is 2.02. The number of methoxy groups -OCH3 is 1. The Morgan fingerprint density at radius 3 is 2.87 bits per heavy atom. The average molecular weight is 318 g/mol. The number of ether oxygens (including phenoxy) is 1. The first-order valence-corrected chi connectivity index (χ1v) is 7.54. The first-order valence-electron chi connectivity index (χ1n) is 7.54. The van der Waals surface area contributed by atoms with E-state index < -0.39 is 0 Å². The molecule has 0 aliphatic rings. The molecule has 1 aromatic heterocycles. The van der Waals surface area contributed by atoms with Crippen molar-refractivity contribution in [1.82, 2.24) is 20.8 Å². The van der Waals surface area contributed by atoms with Gasteiger partial charge in [0.25, 0.3) is 0 Å². The summed E-state index contributed by atoms with van der Waals surface area (Å²) >= 11 is 0. The molecule has 0 radical (unpaired) electrons. The highest BCUT2D eigenvalue weighted by Crippen LogP contribution is 2.11. The minimum Gasteiger partial charge on any atom is -0.383 e. The number of hydrogen-bond donors (Lipinski definition) is 2. The van der Waals surface area contributed by atoms with Gasteiger partial charge in [-0.15, -0.1) is 0 Å². The molecule has 0 aliphatic heterocycles. The molecule has 7 nitrogen and oxygen atoms in total. The van der Waals surface area contributed by atoms with Gasteiger partial charge in [-0.05, 0) is 12.5 Å². The van der Waals surface area contributed by atoms with E-state index in [9.17, 15) is 4.79 Å². The molecule has 124 valence electrons. The predicted octanol–water partition coefficient (Wildman–Crippen LogP) is 1.07. The second kappa shape index (κ2) is 9.02. The lowest BCUT2D eigenvalue weighted by molar-refractivity contribution is -0.120. The molecular formula is C16H22N4O3. The molecular weight excluding hydrogens is 296 g/mol. The third-order valence-corrected chi connectivity index (χ3v) is 3.22. The maximum Gasteiger partial charge on any atom is 0.234 e. The molecule has 2 rings (SSSR count). The van der Waals surface area contributed by atoms with Crippen LogP contribution in [0.15, 0.2) is 34.9 Å². The van der Waals surface area contributed by atoms with Gasteiger partial charge in [-0.2, -0.15) is 4.98 Å². The Bertz CT molecular complexity index is 600. The van der Waals surface area contributed by atoms with Gasteiger partial charge < -0.3 is 19.9 Å². The van der Waals surface area contributed by atoms with Crippen LogP contribution in [0.2, 0.25) is 0 Å².